The van der Waals surface area contributed by atoms with Gasteiger partial charge in [0.2, 0.25) is 10.0 Å². The van der Waals surface area contributed by atoms with Crippen molar-refractivity contribution >= 4 is 16.0 Å². The second-order valence-corrected chi connectivity index (χ2v) is 7.89. The van der Waals surface area contributed by atoms with Crippen molar-refractivity contribution in [1.29, 1.82) is 0 Å². The molecular formula is C17H26N2O4S. The molecule has 0 saturated carbocycles. The first kappa shape index (κ1) is 18.9. The molecule has 0 amide bonds. The minimum absolute atomic E-state index is 0.0893. The quantitative estimate of drug-likeness (QED) is 0.598. The third kappa shape index (κ3) is 5.03. The Morgan fingerprint density at radius 1 is 1.25 bits per heavy atom. The number of piperidine rings is 1. The lowest BCUT2D eigenvalue weighted by molar-refractivity contribution is 0.0599. The molecule has 0 aromatic heterocycles. The summed E-state index contributed by atoms with van der Waals surface area (Å²) >= 11 is 0. The highest BCUT2D eigenvalue weighted by Gasteiger charge is 2.18. The zero-order valence-electron chi connectivity index (χ0n) is 14.4. The third-order valence-electron chi connectivity index (χ3n) is 4.32. The average Bonchev–Trinajstić information content (AvgIpc) is 2.59. The summed E-state index contributed by atoms with van der Waals surface area (Å²) in [5.74, 6) is -0.533. The first-order valence-electron chi connectivity index (χ1n) is 8.35. The van der Waals surface area contributed by atoms with Crippen LogP contribution in [0.4, 0.5) is 0 Å². The first-order chi connectivity index (χ1) is 11.4. The van der Waals surface area contributed by atoms with Crippen molar-refractivity contribution in [3.8, 4) is 0 Å². The predicted molar refractivity (Wildman–Crippen MR) is 92.6 cm³/mol. The van der Waals surface area contributed by atoms with Crippen molar-refractivity contribution < 1.29 is 17.9 Å². The maximum Gasteiger partial charge on any atom is 0.338 e. The second-order valence-electron chi connectivity index (χ2n) is 6.12. The van der Waals surface area contributed by atoms with Crippen molar-refractivity contribution in [3.63, 3.8) is 0 Å². The highest BCUT2D eigenvalue weighted by atomic mass is 32.2. The number of esters is 1. The predicted octanol–water partition coefficient (Wildman–Crippen LogP) is 1.94. The van der Waals surface area contributed by atoms with E-state index >= 15 is 0 Å². The first-order valence-corrected chi connectivity index (χ1v) is 9.83. The van der Waals surface area contributed by atoms with Crippen LogP contribution in [0.2, 0.25) is 0 Å². The van der Waals surface area contributed by atoms with Gasteiger partial charge in [-0.1, -0.05) is 12.5 Å². The molecule has 1 aromatic rings. The fourth-order valence-corrected chi connectivity index (χ4v) is 3.97. The zero-order valence-corrected chi connectivity index (χ0v) is 15.2. The Morgan fingerprint density at radius 2 is 1.96 bits per heavy atom. The molecule has 1 aromatic carbocycles. The summed E-state index contributed by atoms with van der Waals surface area (Å²) in [5, 5.41) is 0. The van der Waals surface area contributed by atoms with E-state index in [1.807, 2.05) is 0 Å². The van der Waals surface area contributed by atoms with Gasteiger partial charge < -0.3 is 9.64 Å². The van der Waals surface area contributed by atoms with Crippen LogP contribution in [0.5, 0.6) is 0 Å². The highest BCUT2D eigenvalue weighted by Crippen LogP contribution is 2.16. The van der Waals surface area contributed by atoms with E-state index in [-0.39, 0.29) is 10.5 Å². The Labute approximate surface area is 144 Å². The van der Waals surface area contributed by atoms with Gasteiger partial charge in [0.05, 0.1) is 17.6 Å². The number of likely N-dealkylation sites (tertiary alicyclic amines) is 1. The Hall–Kier alpha value is -1.44. The summed E-state index contributed by atoms with van der Waals surface area (Å²) in [7, 11) is -2.34. The van der Waals surface area contributed by atoms with E-state index in [1.54, 1.807) is 13.0 Å². The van der Waals surface area contributed by atoms with E-state index in [1.165, 1.54) is 38.5 Å². The van der Waals surface area contributed by atoms with Gasteiger partial charge in [-0.2, -0.15) is 0 Å². The van der Waals surface area contributed by atoms with Crippen LogP contribution < -0.4 is 4.72 Å². The van der Waals surface area contributed by atoms with Crippen molar-refractivity contribution in [3.05, 3.63) is 29.3 Å². The second kappa shape index (κ2) is 8.60. The maximum atomic E-state index is 12.4. The number of carbonyl (C=O) groups is 1. The van der Waals surface area contributed by atoms with Gasteiger partial charge in [-0.25, -0.2) is 17.9 Å². The van der Waals surface area contributed by atoms with E-state index in [9.17, 15) is 13.2 Å². The highest BCUT2D eigenvalue weighted by molar-refractivity contribution is 7.89. The minimum Gasteiger partial charge on any atom is -0.465 e. The van der Waals surface area contributed by atoms with Crippen molar-refractivity contribution in [2.24, 2.45) is 0 Å². The number of carbonyl (C=O) groups excluding carboxylic acids is 1. The molecule has 1 heterocycles. The lowest BCUT2D eigenvalue weighted by atomic mass is 10.1. The molecule has 0 aliphatic carbocycles. The summed E-state index contributed by atoms with van der Waals surface area (Å²) in [5.41, 5.74) is 0.958. The van der Waals surface area contributed by atoms with Gasteiger partial charge in [0, 0.05) is 6.54 Å². The number of nitrogens with zero attached hydrogens (tertiary/aromatic N) is 1. The number of methoxy groups -OCH3 is 1. The summed E-state index contributed by atoms with van der Waals surface area (Å²) in [6, 6.07) is 4.50. The van der Waals surface area contributed by atoms with Gasteiger partial charge in [0.1, 0.15) is 0 Å². The van der Waals surface area contributed by atoms with Crippen LogP contribution in [-0.4, -0.2) is 52.6 Å². The Kier molecular flexibility index (Phi) is 6.77. The molecule has 1 saturated heterocycles. The van der Waals surface area contributed by atoms with E-state index in [2.05, 4.69) is 9.62 Å². The molecule has 0 radical (unpaired) electrons. The lowest BCUT2D eigenvalue weighted by Gasteiger charge is -2.26. The van der Waals surface area contributed by atoms with E-state index < -0.39 is 16.0 Å². The zero-order chi connectivity index (χ0) is 17.6. The van der Waals surface area contributed by atoms with Crippen molar-refractivity contribution in [1.82, 2.24) is 9.62 Å². The van der Waals surface area contributed by atoms with Crippen molar-refractivity contribution in [2.45, 2.75) is 37.5 Å². The number of aryl methyl sites for hydroxylation is 1. The molecular weight excluding hydrogens is 328 g/mol. The lowest BCUT2D eigenvalue weighted by Crippen LogP contribution is -2.33. The SMILES string of the molecule is COC(=O)c1cc(S(=O)(=O)NCCCN2CCCCC2)ccc1C. The van der Waals surface area contributed by atoms with Crippen molar-refractivity contribution in [2.75, 3.05) is 33.3 Å². The fraction of sp³-hybridized carbons (Fsp3) is 0.588. The molecule has 7 heteroatoms. The number of benzene rings is 1. The fourth-order valence-electron chi connectivity index (χ4n) is 2.87. The van der Waals surface area contributed by atoms with Gasteiger partial charge in [-0.3, -0.25) is 0 Å². The molecule has 1 N–H and O–H groups in total. The van der Waals surface area contributed by atoms with E-state index in [4.69, 9.17) is 4.74 Å². The van der Waals surface area contributed by atoms with Crippen LogP contribution in [0.1, 0.15) is 41.6 Å². The molecule has 1 aliphatic heterocycles. The number of nitrogens with one attached hydrogen (secondary N) is 1. The summed E-state index contributed by atoms with van der Waals surface area (Å²) in [4.78, 5) is 14.2. The largest absolute Gasteiger partial charge is 0.465 e. The topological polar surface area (TPSA) is 75.7 Å². The van der Waals surface area contributed by atoms with Crippen LogP contribution in [0.25, 0.3) is 0 Å². The Morgan fingerprint density at radius 3 is 2.62 bits per heavy atom. The molecule has 0 unspecified atom stereocenters. The van der Waals surface area contributed by atoms with Gasteiger partial charge >= 0.3 is 5.97 Å². The van der Waals surface area contributed by atoms with Gasteiger partial charge in [0.15, 0.2) is 0 Å². The smallest absolute Gasteiger partial charge is 0.338 e. The van der Waals surface area contributed by atoms with Crippen LogP contribution in [0.15, 0.2) is 23.1 Å². The van der Waals surface area contributed by atoms with Gasteiger partial charge in [-0.05, 0) is 63.5 Å². The molecule has 0 bridgehead atoms. The minimum atomic E-state index is -3.62. The standard InChI is InChI=1S/C17H26N2O4S/c1-14-7-8-15(13-16(14)17(20)23-2)24(21,22)18-9-6-12-19-10-4-3-5-11-19/h7-8,13,18H,3-6,9-12H2,1-2H3. The van der Waals surface area contributed by atoms with Crippen LogP contribution in [0.3, 0.4) is 0 Å². The molecule has 6 nitrogen and oxygen atoms in total. The summed E-state index contributed by atoms with van der Waals surface area (Å²) in [6.45, 7) is 5.25. The third-order valence-corrected chi connectivity index (χ3v) is 5.78. The van der Waals surface area contributed by atoms with Crippen LogP contribution in [0, 0.1) is 6.92 Å². The number of hydrogen-bond acceptors (Lipinski definition) is 5. The number of ether oxygens (including phenoxy) is 1. The van der Waals surface area contributed by atoms with Gasteiger partial charge in [-0.15, -0.1) is 0 Å². The Balaban J connectivity index is 1.93. The number of hydrogen-bond donors (Lipinski definition) is 1. The molecule has 1 aliphatic rings. The molecule has 0 spiro atoms. The van der Waals surface area contributed by atoms with E-state index in [0.29, 0.717) is 12.1 Å². The summed E-state index contributed by atoms with van der Waals surface area (Å²) in [6.07, 6.45) is 4.52. The monoisotopic (exact) mass is 354 g/mol. The number of rotatable bonds is 7. The molecule has 134 valence electrons. The molecule has 0 atom stereocenters. The van der Waals surface area contributed by atoms with Gasteiger partial charge in [0.25, 0.3) is 0 Å². The molecule has 1 fully saturated rings. The number of sulfonamides is 1. The summed E-state index contributed by atoms with van der Waals surface area (Å²) < 4.78 is 32.1. The Bertz CT molecular complexity index is 667. The van der Waals surface area contributed by atoms with E-state index in [0.717, 1.165) is 26.1 Å². The maximum absolute atomic E-state index is 12.4. The van der Waals surface area contributed by atoms with Crippen LogP contribution in [-0.2, 0) is 14.8 Å². The normalized spacial score (nSPS) is 16.1. The van der Waals surface area contributed by atoms with Crippen LogP contribution >= 0.6 is 0 Å². The molecule has 2 rings (SSSR count). The average molecular weight is 354 g/mol. The molecule has 24 heavy (non-hydrogen) atoms.